The van der Waals surface area contributed by atoms with E-state index in [0.29, 0.717) is 12.0 Å². The summed E-state index contributed by atoms with van der Waals surface area (Å²) in [5, 5.41) is 32.9. The second kappa shape index (κ2) is 12.3. The van der Waals surface area contributed by atoms with Crippen molar-refractivity contribution in [1.82, 2.24) is 10.6 Å². The fourth-order valence-corrected chi connectivity index (χ4v) is 2.65. The smallest absolute Gasteiger partial charge is 0.328 e. The largest absolute Gasteiger partial charge is 0.508 e. The first kappa shape index (κ1) is 25.7. The number of hydrogen-bond donors (Lipinski definition) is 8. The van der Waals surface area contributed by atoms with Gasteiger partial charge < -0.3 is 43.2 Å². The molecule has 0 bridgehead atoms. The lowest BCUT2D eigenvalue weighted by Crippen LogP contribution is -2.57. The highest BCUT2D eigenvalue weighted by Gasteiger charge is 2.30. The maximum Gasteiger partial charge on any atom is 0.328 e. The van der Waals surface area contributed by atoms with Gasteiger partial charge in [-0.25, -0.2) is 4.79 Å². The highest BCUT2D eigenvalue weighted by molar-refractivity contribution is 5.92. The molecule has 1 aromatic rings. The number of nitrogens with one attached hydrogen (secondary N) is 2. The Morgan fingerprint density at radius 3 is 2.23 bits per heavy atom. The van der Waals surface area contributed by atoms with E-state index in [9.17, 15) is 29.7 Å². The fourth-order valence-electron chi connectivity index (χ4n) is 2.65. The van der Waals surface area contributed by atoms with E-state index in [1.165, 1.54) is 19.1 Å². The summed E-state index contributed by atoms with van der Waals surface area (Å²) in [7, 11) is 0. The van der Waals surface area contributed by atoms with Gasteiger partial charge in [-0.2, -0.15) is 0 Å². The Bertz CT molecular complexity index is 779. The van der Waals surface area contributed by atoms with Crippen LogP contribution in [0.25, 0.3) is 0 Å². The average molecular weight is 438 g/mol. The monoisotopic (exact) mass is 438 g/mol. The molecule has 2 amide bonds. The van der Waals surface area contributed by atoms with E-state index in [-0.39, 0.29) is 31.1 Å². The van der Waals surface area contributed by atoms with Crippen molar-refractivity contribution in [3.05, 3.63) is 29.8 Å². The summed E-state index contributed by atoms with van der Waals surface area (Å²) in [6.07, 6.45) is -0.666. The molecule has 0 aliphatic heterocycles. The molecule has 4 unspecified atom stereocenters. The number of carboxylic acids is 1. The molecular formula is C19H30N6O6. The number of benzene rings is 1. The molecule has 172 valence electrons. The van der Waals surface area contributed by atoms with E-state index in [2.05, 4.69) is 15.6 Å². The number of nitrogens with two attached hydrogens (primary N) is 3. The molecular weight excluding hydrogens is 408 g/mol. The van der Waals surface area contributed by atoms with Gasteiger partial charge in [-0.3, -0.25) is 14.6 Å². The van der Waals surface area contributed by atoms with Crippen molar-refractivity contribution in [3.8, 4) is 5.75 Å². The lowest BCUT2D eigenvalue weighted by Gasteiger charge is -2.24. The van der Waals surface area contributed by atoms with Gasteiger partial charge in [0.2, 0.25) is 11.8 Å². The Hall–Kier alpha value is -3.38. The highest BCUT2D eigenvalue weighted by Crippen LogP contribution is 2.12. The summed E-state index contributed by atoms with van der Waals surface area (Å²) in [6.45, 7) is 1.51. The molecule has 0 aliphatic carbocycles. The van der Waals surface area contributed by atoms with Crippen LogP contribution in [0.2, 0.25) is 0 Å². The molecule has 0 radical (unpaired) electrons. The molecule has 12 nitrogen and oxygen atoms in total. The third-order valence-corrected chi connectivity index (χ3v) is 4.36. The zero-order valence-electron chi connectivity index (χ0n) is 17.2. The van der Waals surface area contributed by atoms with Crippen LogP contribution in [0.3, 0.4) is 0 Å². The van der Waals surface area contributed by atoms with Crippen molar-refractivity contribution in [2.24, 2.45) is 22.2 Å². The number of rotatable bonds is 12. The molecule has 0 fully saturated rings. The van der Waals surface area contributed by atoms with E-state index in [1.807, 2.05) is 0 Å². The second-order valence-electron chi connectivity index (χ2n) is 7.05. The van der Waals surface area contributed by atoms with Crippen LogP contribution in [0, 0.1) is 0 Å². The number of carboxylic acid groups (broad SMARTS) is 1. The number of aromatic hydroxyl groups is 1. The minimum absolute atomic E-state index is 0.00468. The third-order valence-electron chi connectivity index (χ3n) is 4.36. The Kier molecular flexibility index (Phi) is 10.2. The number of aliphatic imine (C=N–C) groups is 1. The van der Waals surface area contributed by atoms with Gasteiger partial charge in [0.15, 0.2) is 12.0 Å². The Labute approximate surface area is 179 Å². The van der Waals surface area contributed by atoms with Crippen molar-refractivity contribution in [2.45, 2.75) is 50.4 Å². The SMILES string of the molecule is CC(O)C(NC(=O)C(Cc1ccc(O)cc1)NC(=O)C(N)CCCN=C(N)N)C(=O)O. The van der Waals surface area contributed by atoms with Crippen LogP contribution in [0.4, 0.5) is 0 Å². The van der Waals surface area contributed by atoms with Crippen LogP contribution in [0.15, 0.2) is 29.3 Å². The molecule has 0 spiro atoms. The number of guanidine groups is 1. The Morgan fingerprint density at radius 2 is 1.71 bits per heavy atom. The third kappa shape index (κ3) is 9.31. The van der Waals surface area contributed by atoms with Gasteiger partial charge >= 0.3 is 5.97 Å². The number of nitrogens with zero attached hydrogens (tertiary/aromatic N) is 1. The van der Waals surface area contributed by atoms with Crippen LogP contribution in [-0.4, -0.2) is 69.8 Å². The quantitative estimate of drug-likeness (QED) is 0.1000. The molecule has 31 heavy (non-hydrogen) atoms. The number of aliphatic hydroxyl groups is 1. The van der Waals surface area contributed by atoms with Gasteiger partial charge in [-0.05, 0) is 37.5 Å². The second-order valence-corrected chi connectivity index (χ2v) is 7.05. The molecule has 0 aliphatic rings. The van der Waals surface area contributed by atoms with Crippen LogP contribution in [-0.2, 0) is 20.8 Å². The maximum absolute atomic E-state index is 12.7. The molecule has 0 saturated heterocycles. The number of phenolic OH excluding ortho intramolecular Hbond substituents is 1. The van der Waals surface area contributed by atoms with Crippen molar-refractivity contribution in [2.75, 3.05) is 6.54 Å². The standard InChI is InChI=1S/C19H30N6O6/c1-10(26)15(18(30)31)25-17(29)14(9-11-4-6-12(27)7-5-11)24-16(28)13(20)3-2-8-23-19(21)22/h4-7,10,13-15,26-27H,2-3,8-9,20H2,1H3,(H,24,28)(H,25,29)(H,30,31)(H4,21,22,23). The first-order valence-electron chi connectivity index (χ1n) is 9.61. The number of carbonyl (C=O) groups is 3. The van der Waals surface area contributed by atoms with Gasteiger partial charge in [-0.15, -0.1) is 0 Å². The predicted molar refractivity (Wildman–Crippen MR) is 113 cm³/mol. The molecule has 12 heteroatoms. The van der Waals surface area contributed by atoms with Crippen LogP contribution in [0.1, 0.15) is 25.3 Å². The molecule has 1 rings (SSSR count). The minimum Gasteiger partial charge on any atom is -0.508 e. The first-order valence-corrected chi connectivity index (χ1v) is 9.61. The number of aliphatic hydroxyl groups excluding tert-OH is 1. The number of amides is 2. The van der Waals surface area contributed by atoms with E-state index < -0.39 is 42.0 Å². The summed E-state index contributed by atoms with van der Waals surface area (Å²) >= 11 is 0. The summed E-state index contributed by atoms with van der Waals surface area (Å²) in [5.41, 5.74) is 16.9. The topological polar surface area (TPSA) is 226 Å². The lowest BCUT2D eigenvalue weighted by atomic mass is 10.0. The minimum atomic E-state index is -1.56. The zero-order valence-corrected chi connectivity index (χ0v) is 17.2. The molecule has 0 heterocycles. The number of phenols is 1. The Morgan fingerprint density at radius 1 is 1.10 bits per heavy atom. The Balaban J connectivity index is 2.89. The number of aliphatic carboxylic acids is 1. The van der Waals surface area contributed by atoms with Gasteiger partial charge in [-0.1, -0.05) is 12.1 Å². The van der Waals surface area contributed by atoms with Crippen LogP contribution in [0.5, 0.6) is 5.75 Å². The molecule has 11 N–H and O–H groups in total. The molecule has 0 aromatic heterocycles. The normalized spacial score (nSPS) is 14.5. The van der Waals surface area contributed by atoms with Crippen molar-refractivity contribution < 1.29 is 29.7 Å². The van der Waals surface area contributed by atoms with Gasteiger partial charge in [0, 0.05) is 13.0 Å². The summed E-state index contributed by atoms with van der Waals surface area (Å²) in [5.74, 6) is -2.89. The average Bonchev–Trinajstić information content (AvgIpc) is 2.69. The molecule has 4 atom stereocenters. The van der Waals surface area contributed by atoms with Gasteiger partial charge in [0.25, 0.3) is 0 Å². The number of carbonyl (C=O) groups excluding carboxylic acids is 2. The highest BCUT2D eigenvalue weighted by atomic mass is 16.4. The van der Waals surface area contributed by atoms with Crippen molar-refractivity contribution >= 4 is 23.7 Å². The summed E-state index contributed by atoms with van der Waals surface area (Å²) in [4.78, 5) is 40.2. The van der Waals surface area contributed by atoms with E-state index in [4.69, 9.17) is 17.2 Å². The van der Waals surface area contributed by atoms with E-state index >= 15 is 0 Å². The summed E-state index contributed by atoms with van der Waals surface area (Å²) < 4.78 is 0. The first-order chi connectivity index (χ1) is 14.5. The lowest BCUT2D eigenvalue weighted by molar-refractivity contribution is -0.145. The van der Waals surface area contributed by atoms with E-state index in [0.717, 1.165) is 0 Å². The maximum atomic E-state index is 12.7. The van der Waals surface area contributed by atoms with Gasteiger partial charge in [0.05, 0.1) is 12.1 Å². The van der Waals surface area contributed by atoms with Crippen molar-refractivity contribution in [3.63, 3.8) is 0 Å². The fraction of sp³-hybridized carbons (Fsp3) is 0.474. The number of hydrogen-bond acceptors (Lipinski definition) is 7. The van der Waals surface area contributed by atoms with E-state index in [1.54, 1.807) is 12.1 Å². The molecule has 0 saturated carbocycles. The zero-order chi connectivity index (χ0) is 23.6. The molecule has 1 aromatic carbocycles. The van der Waals surface area contributed by atoms with Gasteiger partial charge in [0.1, 0.15) is 11.8 Å². The van der Waals surface area contributed by atoms with Crippen LogP contribution >= 0.6 is 0 Å². The van der Waals surface area contributed by atoms with Crippen molar-refractivity contribution in [1.29, 1.82) is 0 Å². The van der Waals surface area contributed by atoms with Crippen LogP contribution < -0.4 is 27.8 Å². The summed E-state index contributed by atoms with van der Waals surface area (Å²) in [6, 6.07) is 2.27. The predicted octanol–water partition coefficient (Wildman–Crippen LogP) is -2.25.